The first kappa shape index (κ1) is 18.9. The van der Waals surface area contributed by atoms with Crippen molar-refractivity contribution in [3.63, 3.8) is 0 Å². The number of hydrogen-bond donors (Lipinski definition) is 0. The number of benzene rings is 1. The van der Waals surface area contributed by atoms with Gasteiger partial charge in [0.2, 0.25) is 11.3 Å². The fourth-order valence-corrected chi connectivity index (χ4v) is 3.57. The van der Waals surface area contributed by atoms with E-state index < -0.39 is 0 Å². The molecule has 1 amide bonds. The van der Waals surface area contributed by atoms with Crippen molar-refractivity contribution >= 4 is 5.91 Å². The first-order chi connectivity index (χ1) is 14.0. The van der Waals surface area contributed by atoms with Crippen LogP contribution >= 0.6 is 0 Å². The Morgan fingerprint density at radius 2 is 2.07 bits per heavy atom. The minimum absolute atomic E-state index is 0.0520. The van der Waals surface area contributed by atoms with Gasteiger partial charge in [0.05, 0.1) is 0 Å². The van der Waals surface area contributed by atoms with E-state index in [1.54, 1.807) is 29.6 Å². The van der Waals surface area contributed by atoms with Gasteiger partial charge in [-0.1, -0.05) is 35.5 Å². The van der Waals surface area contributed by atoms with Crippen LogP contribution in [-0.4, -0.2) is 32.1 Å². The predicted octanol–water partition coefficient (Wildman–Crippen LogP) is 2.63. The summed E-state index contributed by atoms with van der Waals surface area (Å²) in [5.41, 5.74) is 0.806. The number of hydrogen-bond acceptors (Lipinski definition) is 6. The molecular formula is C21H22N4O4. The van der Waals surface area contributed by atoms with Gasteiger partial charge in [0, 0.05) is 25.9 Å². The summed E-state index contributed by atoms with van der Waals surface area (Å²) in [5, 5.41) is 3.84. The molecule has 2 aromatic heterocycles. The highest BCUT2D eigenvalue weighted by Gasteiger charge is 2.36. The Morgan fingerprint density at radius 1 is 1.28 bits per heavy atom. The lowest BCUT2D eigenvalue weighted by molar-refractivity contribution is 0.0693. The van der Waals surface area contributed by atoms with Crippen molar-refractivity contribution in [3.8, 4) is 5.75 Å². The summed E-state index contributed by atoms with van der Waals surface area (Å²) in [5.74, 6) is 0.710. The van der Waals surface area contributed by atoms with E-state index in [4.69, 9.17) is 9.26 Å². The molecular weight excluding hydrogens is 372 g/mol. The Bertz CT molecular complexity index is 1070. The third-order valence-electron chi connectivity index (χ3n) is 5.01. The number of likely N-dealkylation sites (tertiary alicyclic amines) is 1. The van der Waals surface area contributed by atoms with Crippen LogP contribution in [0.25, 0.3) is 0 Å². The quantitative estimate of drug-likeness (QED) is 0.661. The van der Waals surface area contributed by atoms with Crippen LogP contribution in [0.1, 0.15) is 46.7 Å². The van der Waals surface area contributed by atoms with E-state index in [1.807, 2.05) is 30.3 Å². The maximum absolute atomic E-state index is 13.4. The van der Waals surface area contributed by atoms with Crippen molar-refractivity contribution < 1.29 is 14.1 Å². The molecule has 150 valence electrons. The molecule has 8 heteroatoms. The second kappa shape index (κ2) is 7.90. The molecule has 0 spiro atoms. The van der Waals surface area contributed by atoms with Crippen LogP contribution in [0.5, 0.6) is 5.75 Å². The van der Waals surface area contributed by atoms with Crippen molar-refractivity contribution in [2.24, 2.45) is 7.05 Å². The highest BCUT2D eigenvalue weighted by Crippen LogP contribution is 2.33. The zero-order chi connectivity index (χ0) is 20.4. The SMILES string of the molecule is Cc1noc(C2CCCN2C(=O)c2c(OCc3ccccc3)c(=O)ccn2C)n1. The summed E-state index contributed by atoms with van der Waals surface area (Å²) >= 11 is 0. The second-order valence-electron chi connectivity index (χ2n) is 7.08. The van der Waals surface area contributed by atoms with Gasteiger partial charge in [0.15, 0.2) is 17.3 Å². The summed E-state index contributed by atoms with van der Waals surface area (Å²) in [7, 11) is 1.73. The van der Waals surface area contributed by atoms with Gasteiger partial charge in [-0.15, -0.1) is 0 Å². The second-order valence-corrected chi connectivity index (χ2v) is 7.08. The Morgan fingerprint density at radius 3 is 2.79 bits per heavy atom. The molecule has 1 unspecified atom stereocenters. The fourth-order valence-electron chi connectivity index (χ4n) is 3.57. The molecule has 1 aliphatic heterocycles. The molecule has 1 fully saturated rings. The summed E-state index contributed by atoms with van der Waals surface area (Å²) < 4.78 is 12.8. The standard InChI is InChI=1S/C21H22N4O4/c1-14-22-20(29-23-14)16-9-6-11-25(16)21(27)18-19(17(26)10-12-24(18)2)28-13-15-7-4-3-5-8-15/h3-5,7-8,10,12,16H,6,9,11,13H2,1-2H3. The van der Waals surface area contributed by atoms with Gasteiger partial charge in [-0.3, -0.25) is 9.59 Å². The number of carbonyl (C=O) groups is 1. The molecule has 8 nitrogen and oxygen atoms in total. The van der Waals surface area contributed by atoms with Gasteiger partial charge in [0.1, 0.15) is 12.6 Å². The van der Waals surface area contributed by atoms with Gasteiger partial charge < -0.3 is 18.7 Å². The molecule has 1 saturated heterocycles. The highest BCUT2D eigenvalue weighted by atomic mass is 16.5. The van der Waals surface area contributed by atoms with Gasteiger partial charge >= 0.3 is 0 Å². The number of rotatable bonds is 5. The van der Waals surface area contributed by atoms with Crippen LogP contribution in [0, 0.1) is 6.92 Å². The smallest absolute Gasteiger partial charge is 0.275 e. The van der Waals surface area contributed by atoms with Gasteiger partial charge in [0.25, 0.3) is 5.91 Å². The lowest BCUT2D eigenvalue weighted by Gasteiger charge is -2.24. The molecule has 4 rings (SSSR count). The Labute approximate surface area is 167 Å². The molecule has 3 aromatic rings. The fraction of sp³-hybridized carbons (Fsp3) is 0.333. The topological polar surface area (TPSA) is 90.5 Å². The minimum Gasteiger partial charge on any atom is -0.483 e. The molecule has 1 aliphatic rings. The maximum Gasteiger partial charge on any atom is 0.275 e. The molecule has 0 N–H and O–H groups in total. The molecule has 3 heterocycles. The van der Waals surface area contributed by atoms with Gasteiger partial charge in [-0.2, -0.15) is 4.98 Å². The van der Waals surface area contributed by atoms with E-state index in [9.17, 15) is 9.59 Å². The van der Waals surface area contributed by atoms with E-state index in [0.29, 0.717) is 18.3 Å². The third-order valence-corrected chi connectivity index (χ3v) is 5.01. The molecule has 0 aliphatic carbocycles. The predicted molar refractivity (Wildman–Crippen MR) is 105 cm³/mol. The van der Waals surface area contributed by atoms with Gasteiger partial charge in [-0.05, 0) is 25.3 Å². The zero-order valence-electron chi connectivity index (χ0n) is 16.4. The Kier molecular flexibility index (Phi) is 5.16. The van der Waals surface area contributed by atoms with E-state index in [0.717, 1.165) is 18.4 Å². The van der Waals surface area contributed by atoms with Crippen LogP contribution < -0.4 is 10.2 Å². The van der Waals surface area contributed by atoms with Crippen LogP contribution in [-0.2, 0) is 13.7 Å². The van der Waals surface area contributed by atoms with Crippen molar-refractivity contribution in [3.05, 3.63) is 75.8 Å². The molecule has 0 radical (unpaired) electrons. The van der Waals surface area contributed by atoms with E-state index in [-0.39, 0.29) is 35.4 Å². The number of amides is 1. The number of aryl methyl sites for hydroxylation is 2. The van der Waals surface area contributed by atoms with Crippen LogP contribution in [0.15, 0.2) is 51.9 Å². The monoisotopic (exact) mass is 394 g/mol. The normalized spacial score (nSPS) is 16.2. The summed E-state index contributed by atoms with van der Waals surface area (Å²) in [6.45, 7) is 2.49. The van der Waals surface area contributed by atoms with Crippen molar-refractivity contribution in [2.45, 2.75) is 32.4 Å². The van der Waals surface area contributed by atoms with Crippen molar-refractivity contribution in [1.29, 1.82) is 0 Å². The first-order valence-corrected chi connectivity index (χ1v) is 9.52. The van der Waals surface area contributed by atoms with Crippen LogP contribution in [0.3, 0.4) is 0 Å². The number of aromatic nitrogens is 3. The zero-order valence-corrected chi connectivity index (χ0v) is 16.4. The van der Waals surface area contributed by atoms with Gasteiger partial charge in [-0.25, -0.2) is 0 Å². The molecule has 1 atom stereocenters. The van der Waals surface area contributed by atoms with E-state index >= 15 is 0 Å². The molecule has 0 bridgehead atoms. The first-order valence-electron chi connectivity index (χ1n) is 9.52. The summed E-state index contributed by atoms with van der Waals surface area (Å²) in [6.07, 6.45) is 3.13. The average Bonchev–Trinajstić information content (AvgIpc) is 3.37. The molecule has 0 saturated carbocycles. The molecule has 29 heavy (non-hydrogen) atoms. The number of ether oxygens (including phenoxy) is 1. The highest BCUT2D eigenvalue weighted by molar-refractivity contribution is 5.95. The number of pyridine rings is 1. The summed E-state index contributed by atoms with van der Waals surface area (Å²) in [4.78, 5) is 31.9. The van der Waals surface area contributed by atoms with Crippen LogP contribution in [0.2, 0.25) is 0 Å². The number of nitrogens with zero attached hydrogens (tertiary/aromatic N) is 4. The average molecular weight is 394 g/mol. The minimum atomic E-state index is -0.327. The van der Waals surface area contributed by atoms with E-state index in [1.165, 1.54) is 6.07 Å². The Hall–Kier alpha value is -3.42. The molecule has 1 aromatic carbocycles. The van der Waals surface area contributed by atoms with Crippen molar-refractivity contribution in [2.75, 3.05) is 6.54 Å². The Balaban J connectivity index is 1.65. The van der Waals surface area contributed by atoms with E-state index in [2.05, 4.69) is 10.1 Å². The van der Waals surface area contributed by atoms with Crippen molar-refractivity contribution in [1.82, 2.24) is 19.6 Å². The summed E-state index contributed by atoms with van der Waals surface area (Å²) in [6, 6.07) is 10.6. The third kappa shape index (κ3) is 3.78. The largest absolute Gasteiger partial charge is 0.483 e. The number of carbonyl (C=O) groups excluding carboxylic acids is 1. The lowest BCUT2D eigenvalue weighted by atomic mass is 10.2. The maximum atomic E-state index is 13.4. The van der Waals surface area contributed by atoms with Crippen LogP contribution in [0.4, 0.5) is 0 Å². The lowest BCUT2D eigenvalue weighted by Crippen LogP contribution is -2.34.